The average Bonchev–Trinajstić information content (AvgIpc) is 3.03. The van der Waals surface area contributed by atoms with Crippen molar-refractivity contribution in [3.05, 3.63) is 59.7 Å². The number of amides is 1. The van der Waals surface area contributed by atoms with Crippen LogP contribution in [-0.4, -0.2) is 26.7 Å². The molecule has 4 heteroatoms. The maximum Gasteiger partial charge on any atom is 0.251 e. The molecule has 2 aromatic carbocycles. The highest BCUT2D eigenvalue weighted by Crippen LogP contribution is 2.28. The number of anilines is 1. The fourth-order valence-corrected chi connectivity index (χ4v) is 2.79. The Bertz CT molecular complexity index is 752. The Hall–Kier alpha value is -2.75. The Morgan fingerprint density at radius 2 is 1.96 bits per heavy atom. The zero-order valence-corrected chi connectivity index (χ0v) is 13.3. The second-order valence-electron chi connectivity index (χ2n) is 5.31. The number of rotatable bonds is 4. The topological polar surface area (TPSA) is 38.8 Å². The van der Waals surface area contributed by atoms with E-state index in [4.69, 9.17) is 9.47 Å². The summed E-state index contributed by atoms with van der Waals surface area (Å²) < 4.78 is 10.5. The molecule has 0 unspecified atom stereocenters. The Kier molecular flexibility index (Phi) is 4.33. The second-order valence-corrected chi connectivity index (χ2v) is 5.31. The number of ether oxygens (including phenoxy) is 2. The molecular weight excluding hydrogens is 290 g/mol. The van der Waals surface area contributed by atoms with Crippen LogP contribution in [0.4, 0.5) is 5.69 Å². The van der Waals surface area contributed by atoms with Gasteiger partial charge in [0.05, 0.1) is 14.2 Å². The maximum atomic E-state index is 12.5. The zero-order chi connectivity index (χ0) is 16.2. The number of hydrogen-bond donors (Lipinski definition) is 0. The van der Waals surface area contributed by atoms with E-state index in [9.17, 15) is 4.79 Å². The zero-order valence-electron chi connectivity index (χ0n) is 13.3. The lowest BCUT2D eigenvalue weighted by molar-refractivity contribution is -0.114. The normalized spacial score (nSPS) is 13.2. The van der Waals surface area contributed by atoms with Crippen molar-refractivity contribution in [2.45, 2.75) is 6.42 Å². The summed E-state index contributed by atoms with van der Waals surface area (Å²) in [6.45, 7) is 0.720. The van der Waals surface area contributed by atoms with Gasteiger partial charge in [-0.2, -0.15) is 0 Å². The minimum absolute atomic E-state index is 0.0279. The molecule has 0 atom stereocenters. The first-order chi connectivity index (χ1) is 11.2. The van der Waals surface area contributed by atoms with Crippen LogP contribution in [0.1, 0.15) is 11.1 Å². The van der Waals surface area contributed by atoms with E-state index < -0.39 is 0 Å². The number of fused-ring (bicyclic) bond motifs is 1. The van der Waals surface area contributed by atoms with E-state index in [0.717, 1.165) is 30.0 Å². The Morgan fingerprint density at radius 1 is 1.13 bits per heavy atom. The van der Waals surface area contributed by atoms with Crippen LogP contribution in [0.15, 0.2) is 48.5 Å². The molecule has 0 N–H and O–H groups in total. The number of hydrogen-bond acceptors (Lipinski definition) is 3. The SMILES string of the molecule is COc1ccc(OC)c(/C=C/C(=O)N2CCc3ccccc32)c1. The van der Waals surface area contributed by atoms with E-state index in [2.05, 4.69) is 6.07 Å². The summed E-state index contributed by atoms with van der Waals surface area (Å²) in [7, 11) is 3.22. The summed E-state index contributed by atoms with van der Waals surface area (Å²) in [5, 5.41) is 0. The minimum atomic E-state index is -0.0279. The van der Waals surface area contributed by atoms with Crippen molar-refractivity contribution in [2.24, 2.45) is 0 Å². The van der Waals surface area contributed by atoms with E-state index in [0.29, 0.717) is 5.75 Å². The fraction of sp³-hybridized carbons (Fsp3) is 0.211. The quantitative estimate of drug-likeness (QED) is 0.813. The molecule has 0 aromatic heterocycles. The van der Waals surface area contributed by atoms with Gasteiger partial charge >= 0.3 is 0 Å². The highest BCUT2D eigenvalue weighted by atomic mass is 16.5. The van der Waals surface area contributed by atoms with Crippen LogP contribution >= 0.6 is 0 Å². The van der Waals surface area contributed by atoms with Gasteiger partial charge in [-0.05, 0) is 42.3 Å². The number of methoxy groups -OCH3 is 2. The maximum absolute atomic E-state index is 12.5. The molecule has 0 fully saturated rings. The highest BCUT2D eigenvalue weighted by molar-refractivity contribution is 6.05. The minimum Gasteiger partial charge on any atom is -0.497 e. The largest absolute Gasteiger partial charge is 0.497 e. The molecule has 1 amide bonds. The third-order valence-corrected chi connectivity index (χ3v) is 4.00. The van der Waals surface area contributed by atoms with Gasteiger partial charge in [0.25, 0.3) is 5.91 Å². The van der Waals surface area contributed by atoms with E-state index in [-0.39, 0.29) is 5.91 Å². The number of carbonyl (C=O) groups excluding carboxylic acids is 1. The monoisotopic (exact) mass is 309 g/mol. The van der Waals surface area contributed by atoms with Crippen molar-refractivity contribution in [3.8, 4) is 11.5 Å². The summed E-state index contributed by atoms with van der Waals surface area (Å²) in [6.07, 6.45) is 4.25. The molecule has 0 radical (unpaired) electrons. The first-order valence-corrected chi connectivity index (χ1v) is 7.52. The molecule has 1 heterocycles. The van der Waals surface area contributed by atoms with Gasteiger partial charge < -0.3 is 14.4 Å². The molecule has 4 nitrogen and oxygen atoms in total. The number of carbonyl (C=O) groups is 1. The highest BCUT2D eigenvalue weighted by Gasteiger charge is 2.22. The third-order valence-electron chi connectivity index (χ3n) is 4.00. The van der Waals surface area contributed by atoms with Gasteiger partial charge in [-0.15, -0.1) is 0 Å². The van der Waals surface area contributed by atoms with E-state index in [1.165, 1.54) is 5.56 Å². The van der Waals surface area contributed by atoms with Crippen LogP contribution in [0, 0.1) is 0 Å². The van der Waals surface area contributed by atoms with Crippen LogP contribution in [0.3, 0.4) is 0 Å². The smallest absolute Gasteiger partial charge is 0.251 e. The molecule has 1 aliphatic heterocycles. The van der Waals surface area contributed by atoms with E-state index >= 15 is 0 Å². The molecule has 0 aliphatic carbocycles. The summed E-state index contributed by atoms with van der Waals surface area (Å²) in [4.78, 5) is 14.3. The molecule has 1 aliphatic rings. The summed E-state index contributed by atoms with van der Waals surface area (Å²) in [5.74, 6) is 1.40. The van der Waals surface area contributed by atoms with Crippen molar-refractivity contribution >= 4 is 17.7 Å². The van der Waals surface area contributed by atoms with Gasteiger partial charge in [0.2, 0.25) is 0 Å². The van der Waals surface area contributed by atoms with Crippen molar-refractivity contribution in [1.82, 2.24) is 0 Å². The summed E-state index contributed by atoms with van der Waals surface area (Å²) in [6, 6.07) is 13.5. The van der Waals surface area contributed by atoms with E-state index in [1.54, 1.807) is 31.3 Å². The molecule has 23 heavy (non-hydrogen) atoms. The lowest BCUT2D eigenvalue weighted by Crippen LogP contribution is -2.26. The van der Waals surface area contributed by atoms with Crippen molar-refractivity contribution in [3.63, 3.8) is 0 Å². The molecule has 0 bridgehead atoms. The Labute approximate surface area is 135 Å². The van der Waals surface area contributed by atoms with Crippen LogP contribution < -0.4 is 14.4 Å². The van der Waals surface area contributed by atoms with Crippen molar-refractivity contribution in [2.75, 3.05) is 25.7 Å². The van der Waals surface area contributed by atoms with Gasteiger partial charge in [-0.1, -0.05) is 18.2 Å². The molecule has 0 spiro atoms. The first kappa shape index (κ1) is 15.2. The number of benzene rings is 2. The molecule has 2 aromatic rings. The van der Waals surface area contributed by atoms with Gasteiger partial charge in [0.15, 0.2) is 0 Å². The summed E-state index contributed by atoms with van der Waals surface area (Å²) in [5.41, 5.74) is 3.03. The predicted octanol–water partition coefficient (Wildman–Crippen LogP) is 3.31. The number of nitrogens with zero attached hydrogens (tertiary/aromatic N) is 1. The molecular formula is C19H19NO3. The van der Waals surface area contributed by atoms with Gasteiger partial charge in [0, 0.05) is 23.9 Å². The van der Waals surface area contributed by atoms with Gasteiger partial charge in [0.1, 0.15) is 11.5 Å². The lowest BCUT2D eigenvalue weighted by atomic mass is 10.1. The molecule has 3 rings (SSSR count). The Balaban J connectivity index is 1.82. The van der Waals surface area contributed by atoms with E-state index in [1.807, 2.05) is 36.4 Å². The average molecular weight is 309 g/mol. The first-order valence-electron chi connectivity index (χ1n) is 7.52. The molecule has 118 valence electrons. The molecule has 0 saturated heterocycles. The van der Waals surface area contributed by atoms with Crippen LogP contribution in [-0.2, 0) is 11.2 Å². The lowest BCUT2D eigenvalue weighted by Gasteiger charge is -2.15. The Morgan fingerprint density at radius 3 is 2.74 bits per heavy atom. The fourth-order valence-electron chi connectivity index (χ4n) is 2.79. The van der Waals surface area contributed by atoms with Gasteiger partial charge in [-0.3, -0.25) is 4.79 Å². The van der Waals surface area contributed by atoms with Crippen LogP contribution in [0.25, 0.3) is 6.08 Å². The molecule has 0 saturated carbocycles. The number of para-hydroxylation sites is 1. The summed E-state index contributed by atoms with van der Waals surface area (Å²) >= 11 is 0. The standard InChI is InChI=1S/C19H19NO3/c1-22-16-8-9-18(23-2)15(13-16)7-10-19(21)20-12-11-14-5-3-4-6-17(14)20/h3-10,13H,11-12H2,1-2H3/b10-7+. The van der Waals surface area contributed by atoms with Gasteiger partial charge in [-0.25, -0.2) is 0 Å². The predicted molar refractivity (Wildman–Crippen MR) is 91.1 cm³/mol. The van der Waals surface area contributed by atoms with Crippen molar-refractivity contribution in [1.29, 1.82) is 0 Å². The van der Waals surface area contributed by atoms with Crippen LogP contribution in [0.5, 0.6) is 11.5 Å². The van der Waals surface area contributed by atoms with Crippen LogP contribution in [0.2, 0.25) is 0 Å². The second kappa shape index (κ2) is 6.57. The third kappa shape index (κ3) is 3.06. The van der Waals surface area contributed by atoms with Crippen molar-refractivity contribution < 1.29 is 14.3 Å².